The molecule has 0 unspecified atom stereocenters. The first-order valence-electron chi connectivity index (χ1n) is 7.05. The van der Waals surface area contributed by atoms with Crippen molar-refractivity contribution in [2.45, 2.75) is 25.5 Å². The van der Waals surface area contributed by atoms with Crippen LogP contribution >= 0.6 is 0 Å². The van der Waals surface area contributed by atoms with Gasteiger partial charge in [-0.05, 0) is 18.4 Å². The van der Waals surface area contributed by atoms with Crippen molar-refractivity contribution in [3.8, 4) is 0 Å². The van der Waals surface area contributed by atoms with Crippen molar-refractivity contribution in [3.05, 3.63) is 35.9 Å². The third-order valence-corrected chi connectivity index (χ3v) is 3.44. The number of nitrogens with zero attached hydrogens (tertiary/aromatic N) is 1. The molecule has 0 radical (unpaired) electrons. The van der Waals surface area contributed by atoms with Crippen LogP contribution in [0, 0.1) is 0 Å². The Morgan fingerprint density at radius 1 is 1.33 bits per heavy atom. The van der Waals surface area contributed by atoms with E-state index in [1.54, 1.807) is 4.90 Å². The number of alkyl carbamates (subject to hydrolysis) is 1. The number of aliphatic hydroxyl groups excluding tert-OH is 1. The summed E-state index contributed by atoms with van der Waals surface area (Å²) < 4.78 is 5.15. The highest BCUT2D eigenvalue weighted by Crippen LogP contribution is 2.10. The van der Waals surface area contributed by atoms with Crippen LogP contribution in [0.1, 0.15) is 18.4 Å². The number of piperidine rings is 1. The molecule has 0 saturated carbocycles. The van der Waals surface area contributed by atoms with Crippen LogP contribution in [0.4, 0.5) is 4.79 Å². The van der Waals surface area contributed by atoms with E-state index >= 15 is 0 Å². The Kier molecular flexibility index (Phi) is 5.57. The quantitative estimate of drug-likeness (QED) is 0.864. The molecule has 1 atom stereocenters. The number of ether oxygens (including phenoxy) is 1. The largest absolute Gasteiger partial charge is 0.445 e. The fourth-order valence-electron chi connectivity index (χ4n) is 2.35. The van der Waals surface area contributed by atoms with Crippen LogP contribution in [0.2, 0.25) is 0 Å². The molecular weight excluding hydrogens is 272 g/mol. The minimum absolute atomic E-state index is 0.127. The maximum atomic E-state index is 11.7. The summed E-state index contributed by atoms with van der Waals surface area (Å²) in [6.45, 7) is 0.764. The van der Waals surface area contributed by atoms with Gasteiger partial charge in [0, 0.05) is 19.1 Å². The van der Waals surface area contributed by atoms with Crippen molar-refractivity contribution < 1.29 is 19.4 Å². The van der Waals surface area contributed by atoms with Gasteiger partial charge in [-0.3, -0.25) is 4.79 Å². The Bertz CT molecular complexity index is 478. The molecule has 1 fully saturated rings. The molecule has 1 aliphatic heterocycles. The number of amides is 2. The standard InChI is InChI=1S/C15H20N2O4/c18-10-14(19)17-8-4-7-13(9-17)16-15(20)21-11-12-5-2-1-3-6-12/h1-3,5-6,13,18H,4,7-11H2,(H,16,20)/t13-/m1/s1. The van der Waals surface area contributed by atoms with Crippen molar-refractivity contribution in [2.75, 3.05) is 19.7 Å². The van der Waals surface area contributed by atoms with Gasteiger partial charge in [0.25, 0.3) is 0 Å². The molecule has 6 nitrogen and oxygen atoms in total. The van der Waals surface area contributed by atoms with Gasteiger partial charge in [0.05, 0.1) is 0 Å². The van der Waals surface area contributed by atoms with E-state index in [4.69, 9.17) is 9.84 Å². The maximum Gasteiger partial charge on any atom is 0.407 e. The van der Waals surface area contributed by atoms with Gasteiger partial charge < -0.3 is 20.1 Å². The molecule has 1 heterocycles. The third kappa shape index (κ3) is 4.75. The van der Waals surface area contributed by atoms with E-state index in [2.05, 4.69) is 5.32 Å². The van der Waals surface area contributed by atoms with Gasteiger partial charge in [0.2, 0.25) is 5.91 Å². The van der Waals surface area contributed by atoms with Crippen LogP contribution in [0.5, 0.6) is 0 Å². The second-order valence-electron chi connectivity index (χ2n) is 5.04. The van der Waals surface area contributed by atoms with Crippen LogP contribution in [-0.4, -0.2) is 47.7 Å². The lowest BCUT2D eigenvalue weighted by Crippen LogP contribution is -2.50. The molecule has 0 aliphatic carbocycles. The predicted molar refractivity (Wildman–Crippen MR) is 76.5 cm³/mol. The van der Waals surface area contributed by atoms with E-state index in [0.29, 0.717) is 13.1 Å². The molecule has 0 spiro atoms. The monoisotopic (exact) mass is 292 g/mol. The van der Waals surface area contributed by atoms with Crippen molar-refractivity contribution in [1.82, 2.24) is 10.2 Å². The highest BCUT2D eigenvalue weighted by atomic mass is 16.5. The first kappa shape index (κ1) is 15.3. The van der Waals surface area contributed by atoms with E-state index in [0.717, 1.165) is 18.4 Å². The first-order chi connectivity index (χ1) is 10.2. The highest BCUT2D eigenvalue weighted by Gasteiger charge is 2.24. The summed E-state index contributed by atoms with van der Waals surface area (Å²) in [5.41, 5.74) is 0.924. The average molecular weight is 292 g/mol. The Balaban J connectivity index is 1.76. The lowest BCUT2D eigenvalue weighted by molar-refractivity contribution is -0.135. The number of rotatable bonds is 4. The fourth-order valence-corrected chi connectivity index (χ4v) is 2.35. The number of nitrogens with one attached hydrogen (secondary N) is 1. The number of hydrogen-bond acceptors (Lipinski definition) is 4. The smallest absolute Gasteiger partial charge is 0.407 e. The third-order valence-electron chi connectivity index (χ3n) is 3.44. The molecule has 0 aromatic heterocycles. The van der Waals surface area contributed by atoms with Crippen LogP contribution in [0.25, 0.3) is 0 Å². The minimum atomic E-state index is -0.495. The summed E-state index contributed by atoms with van der Waals surface area (Å²) in [6.07, 6.45) is 1.12. The van der Waals surface area contributed by atoms with E-state index in [9.17, 15) is 9.59 Å². The summed E-state index contributed by atoms with van der Waals surface area (Å²) in [5, 5.41) is 11.6. The summed E-state index contributed by atoms with van der Waals surface area (Å²) in [6, 6.07) is 9.31. The second kappa shape index (κ2) is 7.64. The normalized spacial score (nSPS) is 18.1. The number of benzene rings is 1. The second-order valence-corrected chi connectivity index (χ2v) is 5.04. The zero-order chi connectivity index (χ0) is 15.1. The van der Waals surface area contributed by atoms with E-state index < -0.39 is 12.7 Å². The van der Waals surface area contributed by atoms with Gasteiger partial charge in [0.15, 0.2) is 0 Å². The van der Waals surface area contributed by atoms with Gasteiger partial charge in [-0.25, -0.2) is 4.79 Å². The molecule has 0 bridgehead atoms. The number of aliphatic hydroxyl groups is 1. The Labute approximate surface area is 123 Å². The van der Waals surface area contributed by atoms with Crippen LogP contribution in [-0.2, 0) is 16.1 Å². The minimum Gasteiger partial charge on any atom is -0.445 e. The van der Waals surface area contributed by atoms with E-state index in [-0.39, 0.29) is 18.6 Å². The maximum absolute atomic E-state index is 11.7. The number of carbonyl (C=O) groups is 2. The van der Waals surface area contributed by atoms with Gasteiger partial charge in [-0.1, -0.05) is 30.3 Å². The van der Waals surface area contributed by atoms with Crippen LogP contribution in [0.15, 0.2) is 30.3 Å². The van der Waals surface area contributed by atoms with Crippen molar-refractivity contribution in [2.24, 2.45) is 0 Å². The SMILES string of the molecule is O=C(N[C@@H]1CCCN(C(=O)CO)C1)OCc1ccccc1. The number of likely N-dealkylation sites (tertiary alicyclic amines) is 1. The highest BCUT2D eigenvalue weighted by molar-refractivity contribution is 5.77. The Morgan fingerprint density at radius 3 is 2.81 bits per heavy atom. The average Bonchev–Trinajstić information content (AvgIpc) is 2.53. The fraction of sp³-hybridized carbons (Fsp3) is 0.467. The molecule has 6 heteroatoms. The molecule has 2 rings (SSSR count). The predicted octanol–water partition coefficient (Wildman–Crippen LogP) is 0.896. The zero-order valence-electron chi connectivity index (χ0n) is 11.8. The summed E-state index contributed by atoms with van der Waals surface area (Å²) in [7, 11) is 0. The molecule has 1 saturated heterocycles. The Morgan fingerprint density at radius 2 is 2.10 bits per heavy atom. The number of carbonyl (C=O) groups excluding carboxylic acids is 2. The summed E-state index contributed by atoms with van der Waals surface area (Å²) in [4.78, 5) is 24.7. The molecule has 2 amide bonds. The van der Waals surface area contributed by atoms with Gasteiger partial charge in [-0.2, -0.15) is 0 Å². The number of hydrogen-bond donors (Lipinski definition) is 2. The molecule has 1 aromatic rings. The topological polar surface area (TPSA) is 78.9 Å². The van der Waals surface area contributed by atoms with Crippen molar-refractivity contribution in [1.29, 1.82) is 0 Å². The lowest BCUT2D eigenvalue weighted by Gasteiger charge is -2.32. The zero-order valence-corrected chi connectivity index (χ0v) is 11.8. The van der Waals surface area contributed by atoms with Crippen molar-refractivity contribution >= 4 is 12.0 Å². The molecular formula is C15H20N2O4. The molecule has 114 valence electrons. The molecule has 2 N–H and O–H groups in total. The first-order valence-corrected chi connectivity index (χ1v) is 7.05. The van der Waals surface area contributed by atoms with Gasteiger partial charge in [0.1, 0.15) is 13.2 Å². The van der Waals surface area contributed by atoms with Crippen LogP contribution in [0.3, 0.4) is 0 Å². The van der Waals surface area contributed by atoms with Crippen LogP contribution < -0.4 is 5.32 Å². The van der Waals surface area contributed by atoms with Gasteiger partial charge >= 0.3 is 6.09 Å². The molecule has 1 aromatic carbocycles. The van der Waals surface area contributed by atoms with E-state index in [1.807, 2.05) is 30.3 Å². The van der Waals surface area contributed by atoms with Gasteiger partial charge in [-0.15, -0.1) is 0 Å². The van der Waals surface area contributed by atoms with E-state index in [1.165, 1.54) is 0 Å². The molecule has 1 aliphatic rings. The molecule has 21 heavy (non-hydrogen) atoms. The van der Waals surface area contributed by atoms with Crippen molar-refractivity contribution in [3.63, 3.8) is 0 Å². The lowest BCUT2D eigenvalue weighted by atomic mass is 10.1. The summed E-state index contributed by atoms with van der Waals surface area (Å²) in [5.74, 6) is -0.306. The Hall–Kier alpha value is -2.08. The summed E-state index contributed by atoms with van der Waals surface area (Å²) >= 11 is 0.